The molecule has 3 fully saturated rings. The lowest BCUT2D eigenvalue weighted by Gasteiger charge is -2.63. The monoisotopic (exact) mass is 512 g/mol. The highest BCUT2D eigenvalue weighted by Crippen LogP contribution is 2.77. The van der Waals surface area contributed by atoms with Gasteiger partial charge in [0.1, 0.15) is 0 Å². The highest BCUT2D eigenvalue weighted by Gasteiger charge is 2.93. The number of carbonyl (C=O) groups excluding carboxylic acids is 3. The Hall–Kier alpha value is -1.85. The van der Waals surface area contributed by atoms with E-state index in [0.717, 1.165) is 16.7 Å². The minimum atomic E-state index is -2.17. The lowest BCUT2D eigenvalue weighted by Crippen LogP contribution is -2.77. The third-order valence-corrected chi connectivity index (χ3v) is 9.40. The fourth-order valence-electron chi connectivity index (χ4n) is 7.52. The van der Waals surface area contributed by atoms with Crippen LogP contribution >= 0.6 is 0 Å². The second-order valence-corrected chi connectivity index (χ2v) is 13.5. The van der Waals surface area contributed by atoms with Gasteiger partial charge in [-0.05, 0) is 91.4 Å². The molecule has 1 unspecified atom stereocenters. The molecule has 1 N–H and O–H groups in total. The first-order valence-corrected chi connectivity index (χ1v) is 13.9. The van der Waals surface area contributed by atoms with Crippen LogP contribution in [0.1, 0.15) is 108 Å². The van der Waals surface area contributed by atoms with Crippen LogP contribution < -0.4 is 0 Å². The predicted octanol–water partition coefficient (Wildman–Crippen LogP) is 6.69. The number of rotatable bonds is 10. The molecule has 0 aromatic heterocycles. The zero-order valence-electron chi connectivity index (χ0n) is 24.7. The average molecular weight is 513 g/mol. The van der Waals surface area contributed by atoms with Gasteiger partial charge in [-0.3, -0.25) is 14.4 Å². The van der Waals surface area contributed by atoms with E-state index in [1.54, 1.807) is 6.92 Å². The van der Waals surface area contributed by atoms with Crippen molar-refractivity contribution in [3.8, 4) is 0 Å². The molecule has 0 spiro atoms. The number of aliphatic hydroxyl groups is 1. The minimum Gasteiger partial charge on any atom is -0.363 e. The summed E-state index contributed by atoms with van der Waals surface area (Å²) in [6.45, 7) is 19.6. The number of hydrogen-bond acceptors (Lipinski definition) is 5. The molecule has 1 saturated carbocycles. The van der Waals surface area contributed by atoms with E-state index in [4.69, 9.17) is 4.74 Å². The van der Waals surface area contributed by atoms with Gasteiger partial charge in [0.15, 0.2) is 34.2 Å². The van der Waals surface area contributed by atoms with E-state index >= 15 is 0 Å². The van der Waals surface area contributed by atoms with Crippen molar-refractivity contribution in [2.45, 2.75) is 119 Å². The van der Waals surface area contributed by atoms with Crippen molar-refractivity contribution in [2.75, 3.05) is 0 Å². The fraction of sp³-hybridized carbons (Fsp3) is 0.719. The van der Waals surface area contributed by atoms with Crippen LogP contribution in [0.2, 0.25) is 0 Å². The third-order valence-electron chi connectivity index (χ3n) is 9.40. The summed E-state index contributed by atoms with van der Waals surface area (Å²) in [5, 5.41) is 12.6. The molecule has 2 aliphatic heterocycles. The Morgan fingerprint density at radius 2 is 1.54 bits per heavy atom. The first kappa shape index (κ1) is 29.7. The molecule has 0 amide bonds. The van der Waals surface area contributed by atoms with E-state index in [1.165, 1.54) is 0 Å². The molecule has 3 rings (SSSR count). The van der Waals surface area contributed by atoms with Crippen LogP contribution in [-0.4, -0.2) is 33.8 Å². The average Bonchev–Trinajstić information content (AvgIpc) is 3.09. The van der Waals surface area contributed by atoms with Crippen molar-refractivity contribution < 1.29 is 24.2 Å². The summed E-state index contributed by atoms with van der Waals surface area (Å²) >= 11 is 0. The first-order chi connectivity index (χ1) is 17.0. The molecule has 2 saturated heterocycles. The standard InChI is InChI=1S/C32H48O5/c1-20(2)12-11-16-28(9)24(14-13-21(3)4)19-29(10)26(34)30(17-15-22(5)6)27(35)31(28,32(29,36)37-30)25(33)18-23(7)8/h12-13,15,23-24,36H,11,14,16-19H2,1-10H3/t24-,28+,29+,30+,31+,32?/m1/s1. The Morgan fingerprint density at radius 1 is 0.973 bits per heavy atom. The van der Waals surface area contributed by atoms with Crippen LogP contribution in [0.4, 0.5) is 0 Å². The van der Waals surface area contributed by atoms with Crippen LogP contribution in [0.15, 0.2) is 34.9 Å². The van der Waals surface area contributed by atoms with Gasteiger partial charge in [0.2, 0.25) is 0 Å². The Balaban J connectivity index is 2.38. The molecule has 5 heteroatoms. The summed E-state index contributed by atoms with van der Waals surface area (Å²) in [5.41, 5.74) is -2.62. The second kappa shape index (κ2) is 9.72. The van der Waals surface area contributed by atoms with Gasteiger partial charge < -0.3 is 9.84 Å². The predicted molar refractivity (Wildman–Crippen MR) is 147 cm³/mol. The molecule has 206 valence electrons. The molecule has 0 aromatic carbocycles. The molecular weight excluding hydrogens is 464 g/mol. The Bertz CT molecular complexity index is 1070. The Labute approximate surface area is 223 Å². The van der Waals surface area contributed by atoms with Crippen LogP contribution in [0, 0.1) is 28.1 Å². The maximum Gasteiger partial charge on any atom is 0.200 e. The Kier molecular flexibility index (Phi) is 7.80. The molecule has 5 nitrogen and oxygen atoms in total. The number of fused-ring (bicyclic) bond motifs is 1. The lowest BCUT2D eigenvalue weighted by atomic mass is 9.36. The number of Topliss-reactive ketones (excluding diaryl/α,β-unsaturated/α-hetero) is 3. The normalized spacial score (nSPS) is 38.1. The number of carbonyl (C=O) groups is 3. The van der Waals surface area contributed by atoms with Gasteiger partial charge in [-0.1, -0.05) is 55.7 Å². The largest absolute Gasteiger partial charge is 0.363 e. The van der Waals surface area contributed by atoms with Crippen molar-refractivity contribution in [1.82, 2.24) is 0 Å². The van der Waals surface area contributed by atoms with Gasteiger partial charge >= 0.3 is 0 Å². The molecule has 1 aliphatic carbocycles. The van der Waals surface area contributed by atoms with Crippen LogP contribution in [0.3, 0.4) is 0 Å². The second-order valence-electron chi connectivity index (χ2n) is 13.5. The van der Waals surface area contributed by atoms with Gasteiger partial charge in [-0.15, -0.1) is 0 Å². The summed E-state index contributed by atoms with van der Waals surface area (Å²) in [7, 11) is 0. The molecule has 6 atom stereocenters. The van der Waals surface area contributed by atoms with Crippen molar-refractivity contribution >= 4 is 17.3 Å². The summed E-state index contributed by atoms with van der Waals surface area (Å²) in [6.07, 6.45) is 8.52. The maximum atomic E-state index is 14.8. The van der Waals surface area contributed by atoms with E-state index in [1.807, 2.05) is 68.4 Å². The maximum absolute atomic E-state index is 14.8. The van der Waals surface area contributed by atoms with Crippen molar-refractivity contribution in [2.24, 2.45) is 28.1 Å². The molecule has 0 radical (unpaired) electrons. The van der Waals surface area contributed by atoms with E-state index in [2.05, 4.69) is 12.2 Å². The Morgan fingerprint density at radius 3 is 2.05 bits per heavy atom. The fourth-order valence-corrected chi connectivity index (χ4v) is 7.52. The zero-order valence-corrected chi connectivity index (χ0v) is 24.7. The highest BCUT2D eigenvalue weighted by molar-refractivity contribution is 6.28. The molecule has 3 aliphatic rings. The van der Waals surface area contributed by atoms with Gasteiger partial charge in [-0.2, -0.15) is 0 Å². The van der Waals surface area contributed by atoms with Crippen LogP contribution in [-0.2, 0) is 19.1 Å². The number of hydrogen-bond donors (Lipinski definition) is 1. The number of ketones is 3. The number of allylic oxidation sites excluding steroid dienone is 5. The third kappa shape index (κ3) is 3.98. The van der Waals surface area contributed by atoms with E-state index in [-0.39, 0.29) is 36.2 Å². The van der Waals surface area contributed by atoms with E-state index in [9.17, 15) is 19.5 Å². The summed E-state index contributed by atoms with van der Waals surface area (Å²) in [6, 6.07) is 0. The first-order valence-electron chi connectivity index (χ1n) is 13.9. The smallest absolute Gasteiger partial charge is 0.200 e. The summed E-state index contributed by atoms with van der Waals surface area (Å²) in [4.78, 5) is 43.5. The number of ether oxygens (including phenoxy) is 1. The molecule has 2 heterocycles. The summed E-state index contributed by atoms with van der Waals surface area (Å²) in [5.74, 6) is -3.49. The summed E-state index contributed by atoms with van der Waals surface area (Å²) < 4.78 is 6.36. The molecule has 37 heavy (non-hydrogen) atoms. The highest BCUT2D eigenvalue weighted by atomic mass is 16.7. The molecule has 2 bridgehead atoms. The van der Waals surface area contributed by atoms with Crippen molar-refractivity contribution in [3.05, 3.63) is 34.9 Å². The topological polar surface area (TPSA) is 80.7 Å². The van der Waals surface area contributed by atoms with Crippen molar-refractivity contribution in [3.63, 3.8) is 0 Å². The quantitative estimate of drug-likeness (QED) is 0.261. The van der Waals surface area contributed by atoms with Gasteiger partial charge in [0.25, 0.3) is 0 Å². The van der Waals surface area contributed by atoms with Crippen LogP contribution in [0.5, 0.6) is 0 Å². The SMILES string of the molecule is CC(C)=CCC[C@@]1(C)[C@H](CC=C(C)C)C[C@@]2(C)C(=O)[C@]3(CC=C(C)C)OC2(O)[C@@]1(C(=O)CC(C)C)C3=O. The van der Waals surface area contributed by atoms with Crippen LogP contribution in [0.25, 0.3) is 0 Å². The van der Waals surface area contributed by atoms with E-state index < -0.39 is 33.4 Å². The zero-order chi connectivity index (χ0) is 28.2. The lowest BCUT2D eigenvalue weighted by molar-refractivity contribution is -0.313. The van der Waals surface area contributed by atoms with E-state index in [0.29, 0.717) is 25.7 Å². The minimum absolute atomic E-state index is 0.00622. The van der Waals surface area contributed by atoms with Crippen molar-refractivity contribution in [1.29, 1.82) is 0 Å². The van der Waals surface area contributed by atoms with Gasteiger partial charge in [0.05, 0.1) is 5.41 Å². The van der Waals surface area contributed by atoms with Gasteiger partial charge in [0, 0.05) is 12.8 Å². The molecule has 0 aromatic rings. The van der Waals surface area contributed by atoms with Gasteiger partial charge in [-0.25, -0.2) is 0 Å². The molecular formula is C32H48O5.